The van der Waals surface area contributed by atoms with Gasteiger partial charge in [-0.3, -0.25) is 24.5 Å². The van der Waals surface area contributed by atoms with Gasteiger partial charge in [-0.25, -0.2) is 9.69 Å². The molecule has 8 rings (SSSR count). The number of nitrogens with one attached hydrogen (secondary N) is 1. The topological polar surface area (TPSA) is 145 Å². The molecule has 3 amide bonds. The van der Waals surface area contributed by atoms with Crippen LogP contribution in [0.5, 0.6) is 5.75 Å². The third-order valence-electron chi connectivity index (χ3n) is 8.80. The van der Waals surface area contributed by atoms with Crippen LogP contribution in [-0.4, -0.2) is 42.3 Å². The second kappa shape index (κ2) is 10.7. The first-order valence-corrected chi connectivity index (χ1v) is 14.2. The fourth-order valence-corrected chi connectivity index (χ4v) is 7.01. The van der Waals surface area contributed by atoms with Crippen molar-refractivity contribution in [2.75, 3.05) is 23.9 Å². The lowest BCUT2D eigenvalue weighted by Gasteiger charge is -2.45. The quantitative estimate of drug-likeness (QED) is 0.137. The normalized spacial score (nSPS) is 20.6. The van der Waals surface area contributed by atoms with Crippen molar-refractivity contribution in [3.05, 3.63) is 129 Å². The Labute approximate surface area is 256 Å². The van der Waals surface area contributed by atoms with Crippen molar-refractivity contribution in [1.29, 1.82) is 0 Å². The average molecular weight is 604 g/mol. The Bertz CT molecular complexity index is 1820. The molecule has 0 spiro atoms. The van der Waals surface area contributed by atoms with Gasteiger partial charge in [0.2, 0.25) is 11.8 Å². The first kappa shape index (κ1) is 28.0. The molecule has 0 saturated carbocycles. The molecule has 0 radical (unpaired) electrons. The Balaban J connectivity index is 1.11. The summed E-state index contributed by atoms with van der Waals surface area (Å²) < 4.78 is 10.2. The van der Waals surface area contributed by atoms with E-state index >= 15 is 0 Å². The first-order valence-electron chi connectivity index (χ1n) is 14.2. The number of amides is 3. The van der Waals surface area contributed by atoms with Crippen LogP contribution < -0.4 is 15.0 Å². The lowest BCUT2D eigenvalue weighted by Crippen LogP contribution is -2.41. The summed E-state index contributed by atoms with van der Waals surface area (Å²) in [6, 6.07) is 25.7. The van der Waals surface area contributed by atoms with Crippen molar-refractivity contribution < 1.29 is 33.6 Å². The lowest BCUT2D eigenvalue weighted by molar-refractivity contribution is -0.383. The standard InChI is InChI=1S/C34H25N3O8/c1-44-20-13-14-26(37(42)43)25(16-20)35-27(38)17-45-34(41)18-7-6-8-19(15-18)36-32(39)30-28-21-9-2-3-10-22(21)29(31(30)33(36)40)24-12-5-4-11-23(24)28/h2-16,28-31H,17H2,1H3,(H,35,38)/t28?,29?,30-,31+. The number of anilines is 2. The summed E-state index contributed by atoms with van der Waals surface area (Å²) in [6.07, 6.45) is 0. The highest BCUT2D eigenvalue weighted by Gasteiger charge is 2.61. The lowest BCUT2D eigenvalue weighted by atomic mass is 9.55. The maximum Gasteiger partial charge on any atom is 0.338 e. The van der Waals surface area contributed by atoms with E-state index in [1.807, 2.05) is 48.5 Å². The summed E-state index contributed by atoms with van der Waals surface area (Å²) in [4.78, 5) is 65.4. The zero-order valence-corrected chi connectivity index (χ0v) is 23.8. The van der Waals surface area contributed by atoms with E-state index in [4.69, 9.17) is 9.47 Å². The van der Waals surface area contributed by atoms with Gasteiger partial charge in [0.05, 0.1) is 35.1 Å². The van der Waals surface area contributed by atoms with Crippen LogP contribution in [0.4, 0.5) is 17.1 Å². The number of nitro benzene ring substituents is 1. The summed E-state index contributed by atoms with van der Waals surface area (Å²) in [5, 5.41) is 13.7. The Hall–Kier alpha value is -5.84. The molecule has 2 atom stereocenters. The van der Waals surface area contributed by atoms with Gasteiger partial charge in [-0.1, -0.05) is 54.6 Å². The summed E-state index contributed by atoms with van der Waals surface area (Å²) in [6.45, 7) is -0.733. The van der Waals surface area contributed by atoms with Gasteiger partial charge in [0.25, 0.3) is 11.6 Å². The van der Waals surface area contributed by atoms with Crippen LogP contribution in [0.1, 0.15) is 44.4 Å². The number of benzene rings is 4. The average Bonchev–Trinajstić information content (AvgIpc) is 3.33. The fourth-order valence-electron chi connectivity index (χ4n) is 7.01. The van der Waals surface area contributed by atoms with Crippen molar-refractivity contribution in [3.8, 4) is 5.75 Å². The van der Waals surface area contributed by atoms with Crippen LogP contribution in [0.15, 0.2) is 91.0 Å². The molecular formula is C34H25N3O8. The second-order valence-corrected chi connectivity index (χ2v) is 11.1. The third-order valence-corrected chi connectivity index (χ3v) is 8.80. The minimum absolute atomic E-state index is 0.0256. The maximum atomic E-state index is 14.0. The summed E-state index contributed by atoms with van der Waals surface area (Å²) in [5.74, 6) is -3.72. The number of imide groups is 1. The molecule has 0 unspecified atom stereocenters. The van der Waals surface area contributed by atoms with Gasteiger partial charge in [0.15, 0.2) is 6.61 Å². The highest BCUT2D eigenvalue weighted by molar-refractivity contribution is 6.23. The van der Waals surface area contributed by atoms with Gasteiger partial charge < -0.3 is 14.8 Å². The minimum Gasteiger partial charge on any atom is -0.497 e. The molecule has 4 aromatic carbocycles. The molecule has 45 heavy (non-hydrogen) atoms. The molecule has 1 heterocycles. The van der Waals surface area contributed by atoms with Crippen molar-refractivity contribution in [1.82, 2.24) is 0 Å². The number of hydrogen-bond donors (Lipinski definition) is 1. The number of hydrogen-bond acceptors (Lipinski definition) is 8. The van der Waals surface area contributed by atoms with E-state index in [0.717, 1.165) is 22.3 Å². The predicted molar refractivity (Wildman–Crippen MR) is 161 cm³/mol. The maximum absolute atomic E-state index is 14.0. The number of ether oxygens (including phenoxy) is 2. The summed E-state index contributed by atoms with van der Waals surface area (Å²) >= 11 is 0. The molecule has 1 fully saturated rings. The number of carbonyl (C=O) groups is 4. The molecule has 3 aliphatic carbocycles. The highest BCUT2D eigenvalue weighted by Crippen LogP contribution is 2.61. The van der Waals surface area contributed by atoms with E-state index in [0.29, 0.717) is 0 Å². The fraction of sp³-hybridized carbons (Fsp3) is 0.176. The SMILES string of the molecule is COc1ccc([N+](=O)[O-])c(NC(=O)COC(=O)c2cccc(N3C(=O)[C@@H]4C5c6ccccc6C(c6ccccc65)[C@@H]4C3=O)c2)c1. The van der Waals surface area contributed by atoms with E-state index in [9.17, 15) is 29.3 Å². The molecule has 4 aromatic rings. The smallest absolute Gasteiger partial charge is 0.338 e. The summed E-state index contributed by atoms with van der Waals surface area (Å²) in [7, 11) is 1.38. The molecule has 1 N–H and O–H groups in total. The molecule has 1 saturated heterocycles. The van der Waals surface area contributed by atoms with Crippen LogP contribution in [-0.2, 0) is 19.1 Å². The Morgan fingerprint density at radius 2 is 1.40 bits per heavy atom. The molecule has 2 bridgehead atoms. The highest BCUT2D eigenvalue weighted by atomic mass is 16.6. The van der Waals surface area contributed by atoms with E-state index in [1.54, 1.807) is 6.07 Å². The molecule has 1 aliphatic heterocycles. The number of nitrogens with zero attached hydrogens (tertiary/aromatic N) is 2. The van der Waals surface area contributed by atoms with Crippen molar-refractivity contribution in [2.24, 2.45) is 11.8 Å². The minimum atomic E-state index is -0.872. The monoisotopic (exact) mass is 603 g/mol. The Morgan fingerprint density at radius 3 is 1.93 bits per heavy atom. The van der Waals surface area contributed by atoms with E-state index in [1.165, 1.54) is 48.4 Å². The van der Waals surface area contributed by atoms with Gasteiger partial charge in [-0.05, 0) is 46.5 Å². The van der Waals surface area contributed by atoms with E-state index in [-0.39, 0.29) is 52.0 Å². The number of rotatable bonds is 7. The van der Waals surface area contributed by atoms with Gasteiger partial charge in [0.1, 0.15) is 11.4 Å². The number of methoxy groups -OCH3 is 1. The Morgan fingerprint density at radius 1 is 0.822 bits per heavy atom. The molecule has 11 heteroatoms. The van der Waals surface area contributed by atoms with Gasteiger partial charge in [-0.15, -0.1) is 0 Å². The number of nitro groups is 1. The second-order valence-electron chi connectivity index (χ2n) is 11.1. The van der Waals surface area contributed by atoms with E-state index in [2.05, 4.69) is 5.32 Å². The molecule has 4 aliphatic rings. The zero-order valence-electron chi connectivity index (χ0n) is 23.8. The largest absolute Gasteiger partial charge is 0.497 e. The molecule has 224 valence electrons. The van der Waals surface area contributed by atoms with Crippen molar-refractivity contribution in [2.45, 2.75) is 11.8 Å². The predicted octanol–water partition coefficient (Wildman–Crippen LogP) is 4.80. The van der Waals surface area contributed by atoms with Gasteiger partial charge in [-0.2, -0.15) is 0 Å². The third kappa shape index (κ3) is 4.43. The zero-order chi connectivity index (χ0) is 31.4. The van der Waals surface area contributed by atoms with E-state index < -0.39 is 35.2 Å². The van der Waals surface area contributed by atoms with Crippen LogP contribution in [0.2, 0.25) is 0 Å². The van der Waals surface area contributed by atoms with Gasteiger partial charge >= 0.3 is 5.97 Å². The van der Waals surface area contributed by atoms with Gasteiger partial charge in [0, 0.05) is 24.0 Å². The number of esters is 1. The molecule has 0 aromatic heterocycles. The van der Waals surface area contributed by atoms with Crippen LogP contribution in [0.3, 0.4) is 0 Å². The first-order chi connectivity index (χ1) is 21.8. The van der Waals surface area contributed by atoms with Crippen molar-refractivity contribution in [3.63, 3.8) is 0 Å². The van der Waals surface area contributed by atoms with Crippen LogP contribution in [0.25, 0.3) is 0 Å². The molecular weight excluding hydrogens is 578 g/mol. The van der Waals surface area contributed by atoms with Crippen LogP contribution >= 0.6 is 0 Å². The number of carbonyl (C=O) groups excluding carboxylic acids is 4. The molecule has 11 nitrogen and oxygen atoms in total. The van der Waals surface area contributed by atoms with Crippen molar-refractivity contribution >= 4 is 40.8 Å². The summed E-state index contributed by atoms with van der Waals surface area (Å²) in [5.41, 5.74) is 4.01. The van der Waals surface area contributed by atoms with Crippen LogP contribution in [0, 0.1) is 22.0 Å². The Kier molecular flexibility index (Phi) is 6.65.